The topological polar surface area (TPSA) is 29.5 Å². The summed E-state index contributed by atoms with van der Waals surface area (Å²) in [5, 5.41) is 1.05. The number of halogens is 2. The van der Waals surface area contributed by atoms with Crippen LogP contribution in [0.4, 0.5) is 4.39 Å². The van der Waals surface area contributed by atoms with Crippen molar-refractivity contribution in [1.29, 1.82) is 0 Å². The van der Waals surface area contributed by atoms with Crippen LogP contribution in [0, 0.1) is 5.82 Å². The minimum absolute atomic E-state index is 0.340. The zero-order valence-electron chi connectivity index (χ0n) is 8.91. The molecule has 0 aromatic heterocycles. The number of hydrogen-bond donors (Lipinski definition) is 0. The van der Waals surface area contributed by atoms with Crippen molar-refractivity contribution in [2.24, 2.45) is 0 Å². The minimum atomic E-state index is -0.382. The van der Waals surface area contributed by atoms with Crippen molar-refractivity contribution in [2.45, 2.75) is 0 Å². The van der Waals surface area contributed by atoms with Crippen LogP contribution >= 0.6 is 15.9 Å². The van der Waals surface area contributed by atoms with E-state index in [1.807, 2.05) is 0 Å². The van der Waals surface area contributed by atoms with Crippen LogP contribution in [0.2, 0.25) is 0 Å². The summed E-state index contributed by atoms with van der Waals surface area (Å²) in [4.78, 5) is 16.0. The Morgan fingerprint density at radius 3 is 2.88 bits per heavy atom. The standard InChI is InChI=1S/C11H11BrFNO2/c1-14(16-2)11(15)6-3-8-7-9(12)4-5-10(8)13/h3-7H,1-2H3/b6-3-. The average Bonchev–Trinajstić information content (AvgIpc) is 2.28. The van der Waals surface area contributed by atoms with Crippen molar-refractivity contribution < 1.29 is 14.0 Å². The fourth-order valence-corrected chi connectivity index (χ4v) is 1.38. The van der Waals surface area contributed by atoms with Crippen molar-refractivity contribution >= 4 is 27.9 Å². The highest BCUT2D eigenvalue weighted by Crippen LogP contribution is 2.16. The van der Waals surface area contributed by atoms with Crippen molar-refractivity contribution in [1.82, 2.24) is 5.06 Å². The molecule has 0 fully saturated rings. The molecule has 1 aromatic carbocycles. The average molecular weight is 288 g/mol. The second-order valence-electron chi connectivity index (χ2n) is 3.02. The third-order valence-electron chi connectivity index (χ3n) is 1.95. The van der Waals surface area contributed by atoms with Gasteiger partial charge in [-0.15, -0.1) is 0 Å². The Labute approximate surface area is 102 Å². The van der Waals surface area contributed by atoms with E-state index in [1.54, 1.807) is 12.1 Å². The first-order chi connectivity index (χ1) is 7.54. The highest BCUT2D eigenvalue weighted by molar-refractivity contribution is 9.10. The van der Waals surface area contributed by atoms with Crippen LogP contribution in [0.3, 0.4) is 0 Å². The second-order valence-corrected chi connectivity index (χ2v) is 3.93. The summed E-state index contributed by atoms with van der Waals surface area (Å²) in [6, 6.07) is 4.51. The number of amides is 1. The Balaban J connectivity index is 2.84. The smallest absolute Gasteiger partial charge is 0.269 e. The molecule has 1 amide bonds. The molecule has 86 valence electrons. The van der Waals surface area contributed by atoms with Crippen molar-refractivity contribution in [3.05, 3.63) is 40.1 Å². The van der Waals surface area contributed by atoms with Crippen LogP contribution in [0.15, 0.2) is 28.7 Å². The van der Waals surface area contributed by atoms with Gasteiger partial charge in [-0.1, -0.05) is 15.9 Å². The van der Waals surface area contributed by atoms with Crippen LogP contribution in [0.25, 0.3) is 6.08 Å². The van der Waals surface area contributed by atoms with Gasteiger partial charge in [-0.25, -0.2) is 9.45 Å². The lowest BCUT2D eigenvalue weighted by atomic mass is 10.2. The van der Waals surface area contributed by atoms with Gasteiger partial charge in [-0.3, -0.25) is 9.63 Å². The van der Waals surface area contributed by atoms with Crippen molar-refractivity contribution in [3.63, 3.8) is 0 Å². The molecule has 0 spiro atoms. The SMILES string of the molecule is CON(C)C(=O)/C=C\c1cc(Br)ccc1F. The predicted molar refractivity (Wildman–Crippen MR) is 62.9 cm³/mol. The molecule has 0 N–H and O–H groups in total. The Bertz CT molecular complexity index is 420. The fraction of sp³-hybridized carbons (Fsp3) is 0.182. The highest BCUT2D eigenvalue weighted by atomic mass is 79.9. The first kappa shape index (κ1) is 12.9. The summed E-state index contributed by atoms with van der Waals surface area (Å²) in [6.07, 6.45) is 2.65. The maximum absolute atomic E-state index is 13.3. The number of carbonyl (C=O) groups excluding carboxylic acids is 1. The number of carbonyl (C=O) groups is 1. The molecule has 1 rings (SSSR count). The molecule has 0 aliphatic rings. The van der Waals surface area contributed by atoms with E-state index in [1.165, 1.54) is 32.4 Å². The van der Waals surface area contributed by atoms with Crippen LogP contribution in [-0.4, -0.2) is 25.1 Å². The van der Waals surface area contributed by atoms with Crippen molar-refractivity contribution in [2.75, 3.05) is 14.2 Å². The molecule has 0 unspecified atom stereocenters. The van der Waals surface area contributed by atoms with Gasteiger partial charge in [0.25, 0.3) is 5.91 Å². The molecule has 1 aromatic rings. The highest BCUT2D eigenvalue weighted by Gasteiger charge is 2.04. The summed E-state index contributed by atoms with van der Waals surface area (Å²) in [5.74, 6) is -0.741. The van der Waals surface area contributed by atoms with Crippen LogP contribution in [-0.2, 0) is 9.63 Å². The summed E-state index contributed by atoms with van der Waals surface area (Å²) >= 11 is 3.23. The zero-order valence-corrected chi connectivity index (χ0v) is 10.5. The molecule has 0 heterocycles. The van der Waals surface area contributed by atoms with Crippen LogP contribution < -0.4 is 0 Å². The van der Waals surface area contributed by atoms with Gasteiger partial charge in [0.1, 0.15) is 5.82 Å². The number of benzene rings is 1. The van der Waals surface area contributed by atoms with Gasteiger partial charge < -0.3 is 0 Å². The maximum Gasteiger partial charge on any atom is 0.269 e. The monoisotopic (exact) mass is 287 g/mol. The zero-order chi connectivity index (χ0) is 12.1. The Morgan fingerprint density at radius 2 is 2.25 bits per heavy atom. The number of hydrogen-bond acceptors (Lipinski definition) is 2. The molecule has 0 aliphatic heterocycles. The Hall–Kier alpha value is -1.20. The van der Waals surface area contributed by atoms with E-state index in [9.17, 15) is 9.18 Å². The first-order valence-electron chi connectivity index (χ1n) is 4.49. The summed E-state index contributed by atoms with van der Waals surface area (Å²) < 4.78 is 14.0. The van der Waals surface area contributed by atoms with Gasteiger partial charge >= 0.3 is 0 Å². The van der Waals surface area contributed by atoms with Gasteiger partial charge in [0, 0.05) is 23.2 Å². The Morgan fingerprint density at radius 1 is 1.56 bits per heavy atom. The number of hydroxylamine groups is 2. The lowest BCUT2D eigenvalue weighted by molar-refractivity contribution is -0.162. The fourth-order valence-electron chi connectivity index (χ4n) is 0.998. The van der Waals surface area contributed by atoms with Gasteiger partial charge in [-0.05, 0) is 24.3 Å². The largest absolute Gasteiger partial charge is 0.274 e. The van der Waals surface area contributed by atoms with E-state index in [4.69, 9.17) is 0 Å². The third-order valence-corrected chi connectivity index (χ3v) is 2.44. The molecule has 0 aliphatic carbocycles. The lowest BCUT2D eigenvalue weighted by Gasteiger charge is -2.10. The molecular formula is C11H11BrFNO2. The van der Waals surface area contributed by atoms with Gasteiger partial charge in [-0.2, -0.15) is 0 Å². The van der Waals surface area contributed by atoms with Crippen molar-refractivity contribution in [3.8, 4) is 0 Å². The summed E-state index contributed by atoms with van der Waals surface area (Å²) in [6.45, 7) is 0. The molecule has 0 saturated heterocycles. The van der Waals surface area contributed by atoms with Crippen LogP contribution in [0.1, 0.15) is 5.56 Å². The molecule has 5 heteroatoms. The van der Waals surface area contributed by atoms with Gasteiger partial charge in [0.05, 0.1) is 7.11 Å². The lowest BCUT2D eigenvalue weighted by Crippen LogP contribution is -2.22. The maximum atomic E-state index is 13.3. The number of likely N-dealkylation sites (N-methyl/N-ethyl adjacent to an activating group) is 1. The third kappa shape index (κ3) is 3.43. The van der Waals surface area contributed by atoms with Crippen LogP contribution in [0.5, 0.6) is 0 Å². The van der Waals surface area contributed by atoms with E-state index in [0.29, 0.717) is 5.56 Å². The van der Waals surface area contributed by atoms with E-state index in [2.05, 4.69) is 20.8 Å². The molecule has 0 saturated carbocycles. The molecular weight excluding hydrogens is 277 g/mol. The number of nitrogens with zero attached hydrogens (tertiary/aromatic N) is 1. The molecule has 0 radical (unpaired) electrons. The minimum Gasteiger partial charge on any atom is -0.274 e. The van der Waals surface area contributed by atoms with E-state index in [-0.39, 0.29) is 11.7 Å². The normalized spacial score (nSPS) is 10.8. The van der Waals surface area contributed by atoms with E-state index >= 15 is 0 Å². The number of rotatable bonds is 3. The summed E-state index contributed by atoms with van der Waals surface area (Å²) in [5.41, 5.74) is 0.340. The van der Waals surface area contributed by atoms with Gasteiger partial charge in [0.15, 0.2) is 0 Å². The Kier molecular flexibility index (Phi) is 4.64. The molecule has 16 heavy (non-hydrogen) atoms. The quantitative estimate of drug-likeness (QED) is 0.632. The molecule has 0 atom stereocenters. The second kappa shape index (κ2) is 5.77. The van der Waals surface area contributed by atoms with Gasteiger partial charge in [0.2, 0.25) is 0 Å². The molecule has 3 nitrogen and oxygen atoms in total. The van der Waals surface area contributed by atoms with E-state index in [0.717, 1.165) is 9.54 Å². The van der Waals surface area contributed by atoms with E-state index < -0.39 is 0 Å². The first-order valence-corrected chi connectivity index (χ1v) is 5.29. The molecule has 0 bridgehead atoms. The predicted octanol–water partition coefficient (Wildman–Crippen LogP) is 2.62. The summed E-state index contributed by atoms with van der Waals surface area (Å²) in [7, 11) is 2.86.